The Kier molecular flexibility index (Phi) is 7.41. The summed E-state index contributed by atoms with van der Waals surface area (Å²) in [6.07, 6.45) is 0. The molecule has 1 N–H and O–H groups in total. The Balaban J connectivity index is 1.09. The summed E-state index contributed by atoms with van der Waals surface area (Å²) in [5.41, 5.74) is 5.57. The topological polar surface area (TPSA) is 119 Å². The van der Waals surface area contributed by atoms with Gasteiger partial charge in [-0.1, -0.05) is 12.1 Å². The molecule has 1 amide bonds. The Hall–Kier alpha value is -4.70. The van der Waals surface area contributed by atoms with Crippen molar-refractivity contribution in [2.45, 2.75) is 13.5 Å². The van der Waals surface area contributed by atoms with Gasteiger partial charge in [0.2, 0.25) is 10.0 Å². The van der Waals surface area contributed by atoms with Gasteiger partial charge >= 0.3 is 5.91 Å². The minimum absolute atomic E-state index is 0.412. The number of hydrogen-bond acceptors (Lipinski definition) is 8. The number of imidazole rings is 1. The SMILES string of the molecule is Cc1nc(COc2ccc3nc(-c4ccc(C(=O)N=[N+]=Nc5ccc(N6CCOCC6)cc5)cc4)[nH]c3c2)cs1. The largest absolute Gasteiger partial charge is 0.487 e. The molecule has 0 unspecified atom stereocenters. The molecule has 0 saturated carbocycles. The molecule has 1 aliphatic heterocycles. The number of H-pyrrole nitrogens is 1. The molecule has 1 saturated heterocycles. The molecule has 3 heterocycles. The van der Waals surface area contributed by atoms with Crippen LogP contribution in [0.15, 0.2) is 82.3 Å². The Morgan fingerprint density at radius 2 is 1.88 bits per heavy atom. The third kappa shape index (κ3) is 5.97. The Bertz CT molecular complexity index is 1700. The molecule has 1 aliphatic rings. The molecule has 3 aromatic carbocycles. The number of hydrogen-bond donors (Lipinski definition) is 1. The van der Waals surface area contributed by atoms with E-state index < -0.39 is 5.91 Å². The first-order valence-electron chi connectivity index (χ1n) is 12.8. The van der Waals surface area contributed by atoms with Gasteiger partial charge in [0.1, 0.15) is 18.2 Å². The average molecular weight is 553 g/mol. The van der Waals surface area contributed by atoms with Gasteiger partial charge in [0.15, 0.2) is 10.8 Å². The van der Waals surface area contributed by atoms with Crippen molar-refractivity contribution >= 4 is 39.7 Å². The first-order chi connectivity index (χ1) is 19.6. The number of carbonyl (C=O) groups is 1. The lowest BCUT2D eigenvalue weighted by Crippen LogP contribution is -2.36. The number of aromatic amines is 1. The minimum Gasteiger partial charge on any atom is -0.487 e. The number of carbonyl (C=O) groups excluding carboxylic acids is 1. The van der Waals surface area contributed by atoms with Gasteiger partial charge in [-0.25, -0.2) is 9.97 Å². The van der Waals surface area contributed by atoms with Gasteiger partial charge in [0.25, 0.3) is 0 Å². The minimum atomic E-state index is -0.470. The number of morpholine rings is 1. The van der Waals surface area contributed by atoms with E-state index in [4.69, 9.17) is 9.47 Å². The van der Waals surface area contributed by atoms with Crippen molar-refractivity contribution in [2.75, 3.05) is 31.2 Å². The van der Waals surface area contributed by atoms with Crippen LogP contribution in [-0.2, 0) is 11.3 Å². The number of benzene rings is 3. The fourth-order valence-corrected chi connectivity index (χ4v) is 4.94. The van der Waals surface area contributed by atoms with Crippen LogP contribution in [0.4, 0.5) is 11.4 Å². The molecule has 10 nitrogen and oxygen atoms in total. The highest BCUT2D eigenvalue weighted by atomic mass is 32.1. The van der Waals surface area contributed by atoms with Gasteiger partial charge < -0.3 is 19.4 Å². The summed E-state index contributed by atoms with van der Waals surface area (Å²) in [6, 6.07) is 20.4. The zero-order valence-corrected chi connectivity index (χ0v) is 22.6. The van der Waals surface area contributed by atoms with E-state index in [1.165, 1.54) is 0 Å². The molecule has 2 aromatic heterocycles. The van der Waals surface area contributed by atoms with Crippen LogP contribution in [-0.4, -0.2) is 47.2 Å². The lowest BCUT2D eigenvalue weighted by Gasteiger charge is -2.28. The Morgan fingerprint density at radius 1 is 1.07 bits per heavy atom. The molecular formula is C29H26N7O3S+. The third-order valence-corrected chi connectivity index (χ3v) is 7.26. The van der Waals surface area contributed by atoms with E-state index in [-0.39, 0.29) is 0 Å². The number of fused-ring (bicyclic) bond motifs is 1. The molecule has 0 atom stereocenters. The number of aromatic nitrogens is 3. The summed E-state index contributed by atoms with van der Waals surface area (Å²) in [4.78, 5) is 30.9. The number of nitrogens with one attached hydrogen (secondary N) is 1. The van der Waals surface area contributed by atoms with Crippen LogP contribution in [0.3, 0.4) is 0 Å². The normalized spacial score (nSPS) is 13.2. The number of thiazole rings is 1. The molecule has 5 aromatic rings. The maximum Gasteiger partial charge on any atom is 0.360 e. The van der Waals surface area contributed by atoms with Crippen molar-refractivity contribution in [3.05, 3.63) is 88.4 Å². The summed E-state index contributed by atoms with van der Waals surface area (Å²) in [5, 5.41) is 10.8. The standard InChI is InChI=1S/C29H25N7O3S/c1-19-30-23(18-40-19)17-39-25-10-11-26-27(16-25)32-28(31-26)20-2-4-21(5-3-20)29(37)34-35-33-22-6-8-24(9-7-22)36-12-14-38-15-13-36/h2-11,16,18H,12-15,17H2,1H3/p+1. The number of rotatable bonds is 7. The summed E-state index contributed by atoms with van der Waals surface area (Å²) >= 11 is 1.60. The number of aryl methyl sites for hydroxylation is 1. The number of anilines is 1. The molecule has 6 rings (SSSR count). The fourth-order valence-electron chi connectivity index (χ4n) is 4.34. The van der Waals surface area contributed by atoms with E-state index in [2.05, 4.69) is 35.0 Å². The predicted octanol–water partition coefficient (Wildman–Crippen LogP) is 5.85. The van der Waals surface area contributed by atoms with Gasteiger partial charge in [-0.2, -0.15) is 0 Å². The van der Waals surface area contributed by atoms with Crippen LogP contribution in [0.25, 0.3) is 22.4 Å². The third-order valence-electron chi connectivity index (χ3n) is 6.43. The van der Waals surface area contributed by atoms with Crippen molar-refractivity contribution < 1.29 is 14.3 Å². The second-order valence-electron chi connectivity index (χ2n) is 9.20. The first kappa shape index (κ1) is 25.6. The van der Waals surface area contributed by atoms with Crippen molar-refractivity contribution in [3.8, 4) is 17.1 Å². The highest BCUT2D eigenvalue weighted by Crippen LogP contribution is 2.25. The monoisotopic (exact) mass is 552 g/mol. The van der Waals surface area contributed by atoms with Gasteiger partial charge in [0.05, 0.1) is 34.9 Å². The predicted molar refractivity (Wildman–Crippen MR) is 153 cm³/mol. The number of ether oxygens (including phenoxy) is 2. The maximum absolute atomic E-state index is 12.5. The molecule has 0 radical (unpaired) electrons. The average Bonchev–Trinajstić information content (AvgIpc) is 3.62. The van der Waals surface area contributed by atoms with Crippen LogP contribution in [0.1, 0.15) is 21.1 Å². The molecule has 0 aliphatic carbocycles. The summed E-state index contributed by atoms with van der Waals surface area (Å²) < 4.78 is 11.3. The molecule has 40 heavy (non-hydrogen) atoms. The van der Waals surface area contributed by atoms with Crippen LogP contribution in [0.2, 0.25) is 0 Å². The van der Waals surface area contributed by atoms with Crippen LogP contribution < -0.4 is 14.5 Å². The Morgan fingerprint density at radius 3 is 2.62 bits per heavy atom. The molecule has 200 valence electrons. The number of amides is 1. The van der Waals surface area contributed by atoms with Crippen LogP contribution in [0, 0.1) is 6.92 Å². The summed E-state index contributed by atoms with van der Waals surface area (Å²) in [7, 11) is 0. The second-order valence-corrected chi connectivity index (χ2v) is 10.3. The molecular weight excluding hydrogens is 526 g/mol. The van der Waals surface area contributed by atoms with Crippen LogP contribution >= 0.6 is 11.3 Å². The van der Waals surface area contributed by atoms with Crippen molar-refractivity contribution in [2.24, 2.45) is 10.2 Å². The van der Waals surface area contributed by atoms with E-state index >= 15 is 0 Å². The first-order valence-corrected chi connectivity index (χ1v) is 13.7. The lowest BCUT2D eigenvalue weighted by atomic mass is 10.1. The quantitative estimate of drug-likeness (QED) is 0.200. The summed E-state index contributed by atoms with van der Waals surface area (Å²) in [6.45, 7) is 5.58. The maximum atomic E-state index is 12.5. The van der Waals surface area contributed by atoms with Gasteiger partial charge in [-0.3, -0.25) is 4.79 Å². The van der Waals surface area contributed by atoms with Crippen LogP contribution in [0.5, 0.6) is 5.75 Å². The smallest absolute Gasteiger partial charge is 0.360 e. The van der Waals surface area contributed by atoms with Gasteiger partial charge in [-0.05, 0) is 55.5 Å². The van der Waals surface area contributed by atoms with Gasteiger partial charge in [-0.15, -0.1) is 11.3 Å². The zero-order valence-electron chi connectivity index (χ0n) is 21.8. The highest BCUT2D eigenvalue weighted by molar-refractivity contribution is 7.09. The zero-order chi connectivity index (χ0) is 27.3. The van der Waals surface area contributed by atoms with Gasteiger partial charge in [0, 0.05) is 41.4 Å². The highest BCUT2D eigenvalue weighted by Gasteiger charge is 2.13. The summed E-state index contributed by atoms with van der Waals surface area (Å²) in [5.74, 6) is 0.957. The van der Waals surface area contributed by atoms with E-state index in [1.807, 2.05) is 66.9 Å². The van der Waals surface area contributed by atoms with Crippen molar-refractivity contribution in [1.29, 1.82) is 0 Å². The molecule has 1 fully saturated rings. The van der Waals surface area contributed by atoms with E-state index in [9.17, 15) is 4.79 Å². The van der Waals surface area contributed by atoms with E-state index in [0.29, 0.717) is 23.7 Å². The molecule has 0 spiro atoms. The Labute approximate surface area is 234 Å². The fraction of sp³-hybridized carbons (Fsp3) is 0.207. The van der Waals surface area contributed by atoms with E-state index in [1.54, 1.807) is 23.5 Å². The van der Waals surface area contributed by atoms with E-state index in [0.717, 1.165) is 65.0 Å². The van der Waals surface area contributed by atoms with Crippen molar-refractivity contribution in [1.82, 2.24) is 19.9 Å². The second kappa shape index (κ2) is 11.6. The molecule has 0 bridgehead atoms. The lowest BCUT2D eigenvalue weighted by molar-refractivity contribution is 0.0992. The van der Waals surface area contributed by atoms with Crippen molar-refractivity contribution in [3.63, 3.8) is 0 Å². The molecule has 11 heteroatoms. The number of nitrogens with zero attached hydrogens (tertiary/aromatic N) is 6.